The number of halogens is 1. The molecule has 2 aromatic carbocycles. The van der Waals surface area contributed by atoms with Crippen molar-refractivity contribution in [2.75, 3.05) is 21.2 Å². The number of likely N-dealkylation sites (N-methyl/N-ethyl adjacent to an activating group) is 2. The summed E-state index contributed by atoms with van der Waals surface area (Å²) in [4.78, 5) is 39.9. The van der Waals surface area contributed by atoms with Crippen LogP contribution in [0.3, 0.4) is 0 Å². The van der Waals surface area contributed by atoms with Gasteiger partial charge >= 0.3 is 0 Å². The van der Waals surface area contributed by atoms with Crippen molar-refractivity contribution in [3.8, 4) is 5.75 Å². The maximum Gasteiger partial charge on any atom is 0.280 e. The smallest absolute Gasteiger partial charge is 0.280 e. The number of ether oxygens (including phenoxy) is 1. The Bertz CT molecular complexity index is 1080. The Morgan fingerprint density at radius 2 is 1.81 bits per heavy atom. The molecule has 1 saturated heterocycles. The molecule has 1 heterocycles. The van der Waals surface area contributed by atoms with E-state index in [0.717, 1.165) is 0 Å². The zero-order valence-electron chi connectivity index (χ0n) is 17.6. The van der Waals surface area contributed by atoms with Crippen LogP contribution in [0.4, 0.5) is 10.1 Å². The van der Waals surface area contributed by atoms with Crippen LogP contribution in [-0.2, 0) is 16.0 Å². The molecule has 0 saturated carbocycles. The number of hydrogen-bond donors (Lipinski definition) is 0. The lowest BCUT2D eigenvalue weighted by Crippen LogP contribution is -2.64. The molecule has 3 rings (SSSR count). The normalized spacial score (nSPS) is 20.4. The molecule has 1 aliphatic heterocycles. The van der Waals surface area contributed by atoms with E-state index in [9.17, 15) is 24.1 Å². The van der Waals surface area contributed by atoms with Crippen LogP contribution in [0.5, 0.6) is 5.75 Å². The van der Waals surface area contributed by atoms with Crippen molar-refractivity contribution < 1.29 is 23.6 Å². The number of nitrogens with zero attached hydrogens (tertiary/aromatic N) is 3. The predicted molar refractivity (Wildman–Crippen MR) is 112 cm³/mol. The minimum Gasteiger partial charge on any atom is -0.496 e. The van der Waals surface area contributed by atoms with Gasteiger partial charge < -0.3 is 14.5 Å². The maximum absolute atomic E-state index is 13.3. The molecule has 1 unspecified atom stereocenters. The molecule has 9 heteroatoms. The Kier molecular flexibility index (Phi) is 5.79. The van der Waals surface area contributed by atoms with Crippen molar-refractivity contribution in [1.29, 1.82) is 0 Å². The Labute approximate surface area is 178 Å². The fourth-order valence-corrected chi connectivity index (χ4v) is 3.66. The minimum absolute atomic E-state index is 0.0170. The Hall–Kier alpha value is -3.75. The van der Waals surface area contributed by atoms with Crippen molar-refractivity contribution >= 4 is 23.6 Å². The van der Waals surface area contributed by atoms with Crippen LogP contribution in [0.15, 0.2) is 48.2 Å². The Morgan fingerprint density at radius 1 is 1.16 bits per heavy atom. The molecule has 1 atom stereocenters. The quantitative estimate of drug-likeness (QED) is 0.415. The van der Waals surface area contributed by atoms with Gasteiger partial charge in [-0.25, -0.2) is 4.39 Å². The van der Waals surface area contributed by atoms with Crippen LogP contribution in [-0.4, -0.2) is 53.3 Å². The third-order valence-corrected chi connectivity index (χ3v) is 5.59. The summed E-state index contributed by atoms with van der Waals surface area (Å²) >= 11 is 0. The van der Waals surface area contributed by atoms with Gasteiger partial charge in [0.2, 0.25) is 0 Å². The lowest BCUT2D eigenvalue weighted by atomic mass is 9.87. The highest BCUT2D eigenvalue weighted by molar-refractivity contribution is 6.09. The number of amides is 2. The summed E-state index contributed by atoms with van der Waals surface area (Å²) in [5, 5.41) is 11.5. The van der Waals surface area contributed by atoms with Gasteiger partial charge in [0.15, 0.2) is 0 Å². The van der Waals surface area contributed by atoms with E-state index in [1.165, 1.54) is 67.4 Å². The van der Waals surface area contributed by atoms with Gasteiger partial charge in [-0.05, 0) is 36.8 Å². The summed E-state index contributed by atoms with van der Waals surface area (Å²) in [5.74, 6) is -1.04. The number of rotatable bonds is 5. The molecule has 0 radical (unpaired) electrons. The number of carbonyl (C=O) groups is 2. The summed E-state index contributed by atoms with van der Waals surface area (Å²) in [6.07, 6.45) is 1.48. The standard InChI is InChI=1S/C22H22FN3O5/c1-22(13-14-8-10-15(23)11-9-14)21(28)24(2)18(20(27)25(22)3)12-16-17(26(29)30)6-5-7-19(16)31-4/h5-12H,13H2,1-4H3/b18-12+. The van der Waals surface area contributed by atoms with E-state index in [-0.39, 0.29) is 35.0 Å². The molecule has 1 aliphatic rings. The highest BCUT2D eigenvalue weighted by Crippen LogP contribution is 2.35. The third kappa shape index (κ3) is 3.86. The number of nitro benzene ring substituents is 1. The molecule has 162 valence electrons. The molecular weight excluding hydrogens is 405 g/mol. The van der Waals surface area contributed by atoms with E-state index in [1.807, 2.05) is 0 Å². The molecule has 0 aliphatic carbocycles. The molecular formula is C22H22FN3O5. The first-order chi connectivity index (χ1) is 14.6. The summed E-state index contributed by atoms with van der Waals surface area (Å²) in [6.45, 7) is 1.63. The van der Waals surface area contributed by atoms with Crippen molar-refractivity contribution in [2.24, 2.45) is 0 Å². The van der Waals surface area contributed by atoms with Crippen LogP contribution in [0, 0.1) is 15.9 Å². The lowest BCUT2D eigenvalue weighted by molar-refractivity contribution is -0.385. The first-order valence-electron chi connectivity index (χ1n) is 9.44. The number of nitro groups is 1. The summed E-state index contributed by atoms with van der Waals surface area (Å²) in [5.41, 5.74) is -0.695. The van der Waals surface area contributed by atoms with Crippen LogP contribution in [0.1, 0.15) is 18.1 Å². The van der Waals surface area contributed by atoms with E-state index in [2.05, 4.69) is 0 Å². The summed E-state index contributed by atoms with van der Waals surface area (Å²) in [7, 11) is 4.31. The van der Waals surface area contributed by atoms with Crippen molar-refractivity contribution in [2.45, 2.75) is 18.9 Å². The number of methoxy groups -OCH3 is 1. The second-order valence-electron chi connectivity index (χ2n) is 7.49. The maximum atomic E-state index is 13.3. The van der Waals surface area contributed by atoms with Gasteiger partial charge in [-0.1, -0.05) is 18.2 Å². The van der Waals surface area contributed by atoms with Gasteiger partial charge in [-0.3, -0.25) is 19.7 Å². The summed E-state index contributed by atoms with van der Waals surface area (Å²) in [6, 6.07) is 10.0. The van der Waals surface area contributed by atoms with Crippen LogP contribution in [0.2, 0.25) is 0 Å². The molecule has 0 bridgehead atoms. The number of carbonyl (C=O) groups excluding carboxylic acids is 2. The first kappa shape index (κ1) is 21.9. The SMILES string of the molecule is COc1cccc([N+](=O)[O-])c1/C=C1\C(=O)N(C)C(C)(Cc2ccc(F)cc2)C(=O)N1C. The van der Waals surface area contributed by atoms with Crippen molar-refractivity contribution in [1.82, 2.24) is 9.80 Å². The van der Waals surface area contributed by atoms with Crippen LogP contribution in [0.25, 0.3) is 6.08 Å². The molecule has 2 amide bonds. The minimum atomic E-state index is -1.21. The fraction of sp³-hybridized carbons (Fsp3) is 0.273. The number of piperazine rings is 1. The number of hydrogen-bond acceptors (Lipinski definition) is 5. The second kappa shape index (κ2) is 8.17. The first-order valence-corrected chi connectivity index (χ1v) is 9.44. The third-order valence-electron chi connectivity index (χ3n) is 5.59. The molecule has 2 aromatic rings. The molecule has 1 fully saturated rings. The van der Waals surface area contributed by atoms with Gasteiger partial charge in [0.05, 0.1) is 17.6 Å². The van der Waals surface area contributed by atoms with E-state index in [4.69, 9.17) is 4.74 Å². The molecule has 8 nitrogen and oxygen atoms in total. The average Bonchev–Trinajstić information content (AvgIpc) is 2.75. The van der Waals surface area contributed by atoms with Crippen LogP contribution < -0.4 is 4.74 Å². The molecule has 0 aromatic heterocycles. The van der Waals surface area contributed by atoms with Crippen LogP contribution >= 0.6 is 0 Å². The molecule has 31 heavy (non-hydrogen) atoms. The molecule has 0 spiro atoms. The second-order valence-corrected chi connectivity index (χ2v) is 7.49. The van der Waals surface area contributed by atoms with Gasteiger partial charge in [0, 0.05) is 26.6 Å². The van der Waals surface area contributed by atoms with E-state index < -0.39 is 22.2 Å². The van der Waals surface area contributed by atoms with E-state index in [1.54, 1.807) is 19.1 Å². The summed E-state index contributed by atoms with van der Waals surface area (Å²) < 4.78 is 18.5. The van der Waals surface area contributed by atoms with E-state index >= 15 is 0 Å². The zero-order chi connectivity index (χ0) is 22.9. The van der Waals surface area contributed by atoms with Gasteiger partial charge in [-0.15, -0.1) is 0 Å². The molecule has 0 N–H and O–H groups in total. The predicted octanol–water partition coefficient (Wildman–Crippen LogP) is 3.02. The lowest BCUT2D eigenvalue weighted by Gasteiger charge is -2.45. The van der Waals surface area contributed by atoms with Crippen molar-refractivity contribution in [3.63, 3.8) is 0 Å². The highest BCUT2D eigenvalue weighted by Gasteiger charge is 2.48. The average molecular weight is 427 g/mol. The fourth-order valence-electron chi connectivity index (χ4n) is 3.66. The van der Waals surface area contributed by atoms with Crippen molar-refractivity contribution in [3.05, 3.63) is 75.2 Å². The zero-order valence-corrected chi connectivity index (χ0v) is 17.6. The number of benzene rings is 2. The topological polar surface area (TPSA) is 93.0 Å². The van der Waals surface area contributed by atoms with Gasteiger partial charge in [0.25, 0.3) is 17.5 Å². The van der Waals surface area contributed by atoms with Gasteiger partial charge in [-0.2, -0.15) is 0 Å². The monoisotopic (exact) mass is 427 g/mol. The Morgan fingerprint density at radius 3 is 2.39 bits per heavy atom. The highest BCUT2D eigenvalue weighted by atomic mass is 19.1. The Balaban J connectivity index is 2.05. The largest absolute Gasteiger partial charge is 0.496 e. The van der Waals surface area contributed by atoms with E-state index in [0.29, 0.717) is 5.56 Å². The van der Waals surface area contributed by atoms with Gasteiger partial charge in [0.1, 0.15) is 22.8 Å².